The van der Waals surface area contributed by atoms with E-state index in [0.29, 0.717) is 11.8 Å². The molecule has 0 amide bonds. The van der Waals surface area contributed by atoms with Gasteiger partial charge < -0.3 is 18.9 Å². The summed E-state index contributed by atoms with van der Waals surface area (Å²) in [5, 5.41) is 0. The minimum Gasteiger partial charge on any atom is -0.493 e. The lowest BCUT2D eigenvalue weighted by atomic mass is 9.75. The first-order chi connectivity index (χ1) is 13.7. The molecule has 0 aliphatic heterocycles. The van der Waals surface area contributed by atoms with Gasteiger partial charge in [0.15, 0.2) is 23.0 Å². The van der Waals surface area contributed by atoms with Crippen molar-refractivity contribution < 1.29 is 18.9 Å². The van der Waals surface area contributed by atoms with E-state index >= 15 is 0 Å². The summed E-state index contributed by atoms with van der Waals surface area (Å²) in [6.07, 6.45) is 9.47. The maximum atomic E-state index is 5.51. The maximum absolute atomic E-state index is 5.51. The lowest BCUT2D eigenvalue weighted by Gasteiger charge is -2.30. The standard InChI is InChI=1S/C24H30O4/c1-25-21-13-10-17(15-23(21)27-3)9-11-18-7-5-6-8-20(18)19-12-14-22(26-2)24(16-19)28-4/h9-16,18,20H,5-8H2,1-4H3/b11-9+/t18-,20+/m1/s1. The van der Waals surface area contributed by atoms with Crippen molar-refractivity contribution in [2.24, 2.45) is 5.92 Å². The van der Waals surface area contributed by atoms with E-state index in [2.05, 4.69) is 30.4 Å². The van der Waals surface area contributed by atoms with Gasteiger partial charge in [0.2, 0.25) is 0 Å². The number of rotatable bonds is 7. The summed E-state index contributed by atoms with van der Waals surface area (Å²) in [5.41, 5.74) is 2.44. The van der Waals surface area contributed by atoms with E-state index in [1.54, 1.807) is 28.4 Å². The number of allylic oxidation sites excluding steroid dienone is 1. The molecule has 0 bridgehead atoms. The van der Waals surface area contributed by atoms with Gasteiger partial charge >= 0.3 is 0 Å². The fraction of sp³-hybridized carbons (Fsp3) is 0.417. The highest BCUT2D eigenvalue weighted by atomic mass is 16.5. The molecule has 1 aliphatic rings. The van der Waals surface area contributed by atoms with Gasteiger partial charge in [-0.3, -0.25) is 0 Å². The Kier molecular flexibility index (Phi) is 6.85. The van der Waals surface area contributed by atoms with Crippen molar-refractivity contribution in [3.8, 4) is 23.0 Å². The Balaban J connectivity index is 1.83. The van der Waals surface area contributed by atoms with E-state index in [-0.39, 0.29) is 0 Å². The quantitative estimate of drug-likeness (QED) is 0.615. The SMILES string of the molecule is COc1ccc(/C=C/[C@H]2CCCC[C@@H]2c2ccc(OC)c(OC)c2)cc1OC. The summed E-state index contributed by atoms with van der Waals surface area (Å²) >= 11 is 0. The largest absolute Gasteiger partial charge is 0.493 e. The highest BCUT2D eigenvalue weighted by Gasteiger charge is 2.25. The molecule has 2 aromatic carbocycles. The maximum Gasteiger partial charge on any atom is 0.161 e. The summed E-state index contributed by atoms with van der Waals surface area (Å²) < 4.78 is 21.7. The molecule has 0 N–H and O–H groups in total. The fourth-order valence-electron chi connectivity index (χ4n) is 4.08. The van der Waals surface area contributed by atoms with Crippen LogP contribution in [0.25, 0.3) is 6.08 Å². The van der Waals surface area contributed by atoms with Crippen LogP contribution in [0.3, 0.4) is 0 Å². The van der Waals surface area contributed by atoms with Crippen molar-refractivity contribution in [2.75, 3.05) is 28.4 Å². The number of hydrogen-bond donors (Lipinski definition) is 0. The van der Waals surface area contributed by atoms with E-state index < -0.39 is 0 Å². The second-order valence-corrected chi connectivity index (χ2v) is 7.14. The Hall–Kier alpha value is -2.62. The number of ether oxygens (including phenoxy) is 4. The van der Waals surface area contributed by atoms with Gasteiger partial charge in [0, 0.05) is 0 Å². The van der Waals surface area contributed by atoms with E-state index in [9.17, 15) is 0 Å². The van der Waals surface area contributed by atoms with Crippen LogP contribution < -0.4 is 18.9 Å². The zero-order valence-corrected chi connectivity index (χ0v) is 17.2. The van der Waals surface area contributed by atoms with Gasteiger partial charge in [-0.25, -0.2) is 0 Å². The van der Waals surface area contributed by atoms with E-state index in [1.165, 1.54) is 31.2 Å². The number of benzene rings is 2. The van der Waals surface area contributed by atoms with Gasteiger partial charge in [-0.1, -0.05) is 37.1 Å². The van der Waals surface area contributed by atoms with Crippen LogP contribution in [0.5, 0.6) is 23.0 Å². The van der Waals surface area contributed by atoms with E-state index in [0.717, 1.165) is 28.6 Å². The summed E-state index contributed by atoms with van der Waals surface area (Å²) in [6, 6.07) is 12.3. The van der Waals surface area contributed by atoms with Crippen LogP contribution in [0.1, 0.15) is 42.7 Å². The number of hydrogen-bond acceptors (Lipinski definition) is 4. The van der Waals surface area contributed by atoms with Crippen molar-refractivity contribution in [2.45, 2.75) is 31.6 Å². The van der Waals surface area contributed by atoms with Crippen molar-refractivity contribution in [1.29, 1.82) is 0 Å². The summed E-state index contributed by atoms with van der Waals surface area (Å²) in [4.78, 5) is 0. The highest BCUT2D eigenvalue weighted by Crippen LogP contribution is 2.41. The molecule has 4 nitrogen and oxygen atoms in total. The second-order valence-electron chi connectivity index (χ2n) is 7.14. The summed E-state index contributed by atoms with van der Waals surface area (Å²) in [5.74, 6) is 4.07. The van der Waals surface area contributed by atoms with Gasteiger partial charge in [0.25, 0.3) is 0 Å². The average Bonchev–Trinajstić information content (AvgIpc) is 2.77. The molecule has 4 heteroatoms. The lowest BCUT2D eigenvalue weighted by molar-refractivity contribution is 0.346. The van der Waals surface area contributed by atoms with E-state index in [1.807, 2.05) is 18.2 Å². The third-order valence-electron chi connectivity index (χ3n) is 5.60. The molecule has 0 unspecified atom stereocenters. The highest BCUT2D eigenvalue weighted by molar-refractivity contribution is 5.56. The van der Waals surface area contributed by atoms with Crippen LogP contribution >= 0.6 is 0 Å². The third-order valence-corrected chi connectivity index (χ3v) is 5.60. The predicted molar refractivity (Wildman–Crippen MR) is 113 cm³/mol. The van der Waals surface area contributed by atoms with Crippen molar-refractivity contribution in [3.05, 3.63) is 53.6 Å². The van der Waals surface area contributed by atoms with Crippen LogP contribution in [0.2, 0.25) is 0 Å². The molecule has 2 aromatic rings. The molecule has 1 saturated carbocycles. The topological polar surface area (TPSA) is 36.9 Å². The molecule has 0 radical (unpaired) electrons. The lowest BCUT2D eigenvalue weighted by Crippen LogP contribution is -2.16. The molecule has 1 aliphatic carbocycles. The zero-order valence-electron chi connectivity index (χ0n) is 17.2. The summed E-state index contributed by atoms with van der Waals surface area (Å²) in [7, 11) is 6.69. The van der Waals surface area contributed by atoms with Crippen molar-refractivity contribution >= 4 is 6.08 Å². The second kappa shape index (κ2) is 9.54. The van der Waals surface area contributed by atoms with Crippen molar-refractivity contribution in [3.63, 3.8) is 0 Å². The molecular weight excluding hydrogens is 352 g/mol. The Morgan fingerprint density at radius 2 is 1.32 bits per heavy atom. The van der Waals surface area contributed by atoms with Crippen LogP contribution in [0.15, 0.2) is 42.5 Å². The monoisotopic (exact) mass is 382 g/mol. The smallest absolute Gasteiger partial charge is 0.161 e. The fourth-order valence-corrected chi connectivity index (χ4v) is 4.08. The van der Waals surface area contributed by atoms with Gasteiger partial charge in [-0.05, 0) is 60.1 Å². The summed E-state index contributed by atoms with van der Waals surface area (Å²) in [6.45, 7) is 0. The minimum absolute atomic E-state index is 0.491. The average molecular weight is 383 g/mol. The first-order valence-corrected chi connectivity index (χ1v) is 9.82. The van der Waals surface area contributed by atoms with Crippen molar-refractivity contribution in [1.82, 2.24) is 0 Å². The molecular formula is C24H30O4. The van der Waals surface area contributed by atoms with Gasteiger partial charge in [-0.2, -0.15) is 0 Å². The first-order valence-electron chi connectivity index (χ1n) is 9.82. The van der Waals surface area contributed by atoms with Crippen LogP contribution in [0.4, 0.5) is 0 Å². The van der Waals surface area contributed by atoms with Crippen LogP contribution in [-0.4, -0.2) is 28.4 Å². The Morgan fingerprint density at radius 1 is 0.714 bits per heavy atom. The molecule has 1 fully saturated rings. The Morgan fingerprint density at radius 3 is 2.00 bits per heavy atom. The van der Waals surface area contributed by atoms with Crippen LogP contribution in [-0.2, 0) is 0 Å². The molecule has 2 atom stereocenters. The van der Waals surface area contributed by atoms with Gasteiger partial charge in [0.05, 0.1) is 28.4 Å². The molecule has 0 spiro atoms. The Bertz CT molecular complexity index is 812. The van der Waals surface area contributed by atoms with Gasteiger partial charge in [-0.15, -0.1) is 0 Å². The molecule has 0 aromatic heterocycles. The molecule has 28 heavy (non-hydrogen) atoms. The minimum atomic E-state index is 0.491. The molecule has 0 saturated heterocycles. The predicted octanol–water partition coefficient (Wildman–Crippen LogP) is 5.71. The normalized spacial score (nSPS) is 19.4. The number of methoxy groups -OCH3 is 4. The van der Waals surface area contributed by atoms with E-state index in [4.69, 9.17) is 18.9 Å². The molecule has 150 valence electrons. The third kappa shape index (κ3) is 4.44. The first kappa shape index (κ1) is 20.1. The zero-order chi connectivity index (χ0) is 19.9. The van der Waals surface area contributed by atoms with Gasteiger partial charge in [0.1, 0.15) is 0 Å². The Labute approximate surface area is 168 Å². The molecule has 0 heterocycles. The molecule has 3 rings (SSSR count). The van der Waals surface area contributed by atoms with Crippen LogP contribution in [0, 0.1) is 5.92 Å².